The lowest BCUT2D eigenvalue weighted by Crippen LogP contribution is -2.30. The summed E-state index contributed by atoms with van der Waals surface area (Å²) >= 11 is 1.85. The third kappa shape index (κ3) is 2.36. The summed E-state index contributed by atoms with van der Waals surface area (Å²) < 4.78 is 0. The molecule has 0 N–H and O–H groups in total. The van der Waals surface area contributed by atoms with Gasteiger partial charge in [-0.3, -0.25) is 4.90 Å². The summed E-state index contributed by atoms with van der Waals surface area (Å²) in [5, 5.41) is 3.61. The van der Waals surface area contributed by atoms with E-state index in [-0.39, 0.29) is 0 Å². The third-order valence-electron chi connectivity index (χ3n) is 3.33. The fourth-order valence-corrected chi connectivity index (χ4v) is 3.29. The van der Waals surface area contributed by atoms with Crippen molar-refractivity contribution in [1.82, 2.24) is 9.88 Å². The highest BCUT2D eigenvalue weighted by atomic mass is 32.1. The first-order valence-electron chi connectivity index (χ1n) is 6.14. The molecule has 0 bridgehead atoms. The minimum atomic E-state index is 0.801. The van der Waals surface area contributed by atoms with E-state index in [1.165, 1.54) is 48.5 Å². The van der Waals surface area contributed by atoms with Crippen LogP contribution in [0.2, 0.25) is 0 Å². The molecule has 0 aromatic carbocycles. The van der Waals surface area contributed by atoms with E-state index in [0.29, 0.717) is 0 Å². The van der Waals surface area contributed by atoms with E-state index in [1.54, 1.807) is 0 Å². The molecule has 0 atom stereocenters. The molecular weight excluding hydrogens is 216 g/mol. The molecule has 1 aromatic rings. The van der Waals surface area contributed by atoms with E-state index in [4.69, 9.17) is 4.98 Å². The van der Waals surface area contributed by atoms with Gasteiger partial charge >= 0.3 is 0 Å². The zero-order valence-corrected chi connectivity index (χ0v) is 10.4. The van der Waals surface area contributed by atoms with Crippen LogP contribution in [0.1, 0.15) is 42.3 Å². The van der Waals surface area contributed by atoms with Crippen molar-refractivity contribution in [3.63, 3.8) is 0 Å². The zero-order chi connectivity index (χ0) is 11.0. The van der Waals surface area contributed by atoms with E-state index in [0.717, 1.165) is 19.0 Å². The average molecular weight is 234 g/mol. The Bertz CT molecular complexity index is 392. The van der Waals surface area contributed by atoms with Gasteiger partial charge in [0.25, 0.3) is 0 Å². The smallest absolute Gasteiger partial charge is 0.0959 e. The lowest BCUT2D eigenvalue weighted by atomic mass is 10.1. The van der Waals surface area contributed by atoms with Crippen molar-refractivity contribution in [2.45, 2.75) is 38.1 Å². The summed E-state index contributed by atoms with van der Waals surface area (Å²) in [7, 11) is 0. The van der Waals surface area contributed by atoms with Gasteiger partial charge in [-0.05, 0) is 32.2 Å². The van der Waals surface area contributed by atoms with E-state index >= 15 is 0 Å². The third-order valence-corrected chi connectivity index (χ3v) is 4.39. The Labute approximate surface area is 101 Å². The normalized spacial score (nSPS) is 22.6. The second-order valence-electron chi connectivity index (χ2n) is 5.02. The maximum absolute atomic E-state index is 4.74. The molecule has 86 valence electrons. The molecule has 0 amide bonds. The summed E-state index contributed by atoms with van der Waals surface area (Å²) in [6, 6.07) is 0. The van der Waals surface area contributed by atoms with Crippen molar-refractivity contribution in [2.24, 2.45) is 0 Å². The Hall–Kier alpha value is -0.670. The number of thiazole rings is 1. The monoisotopic (exact) mass is 234 g/mol. The fraction of sp³-hybridized carbons (Fsp3) is 0.615. The van der Waals surface area contributed by atoms with Gasteiger partial charge in [0, 0.05) is 24.4 Å². The van der Waals surface area contributed by atoms with Gasteiger partial charge in [-0.25, -0.2) is 4.98 Å². The Morgan fingerprint density at radius 2 is 2.38 bits per heavy atom. The van der Waals surface area contributed by atoms with Gasteiger partial charge in [-0.1, -0.05) is 12.2 Å². The summed E-state index contributed by atoms with van der Waals surface area (Å²) in [4.78, 5) is 7.21. The van der Waals surface area contributed by atoms with Crippen LogP contribution in [-0.4, -0.2) is 23.0 Å². The minimum Gasteiger partial charge on any atom is -0.294 e. The molecule has 3 heteroatoms. The largest absolute Gasteiger partial charge is 0.294 e. The first-order chi connectivity index (χ1) is 7.81. The first kappa shape index (κ1) is 10.5. The van der Waals surface area contributed by atoms with Crippen LogP contribution in [0.4, 0.5) is 0 Å². The quantitative estimate of drug-likeness (QED) is 0.747. The number of aromatic nitrogens is 1. The van der Waals surface area contributed by atoms with E-state index in [1.807, 2.05) is 11.3 Å². The van der Waals surface area contributed by atoms with Crippen molar-refractivity contribution in [3.8, 4) is 0 Å². The summed E-state index contributed by atoms with van der Waals surface area (Å²) in [5.41, 5.74) is 2.64. The maximum Gasteiger partial charge on any atom is 0.0959 e. The molecule has 1 aliphatic heterocycles. The van der Waals surface area contributed by atoms with Crippen molar-refractivity contribution < 1.29 is 0 Å². The Morgan fingerprint density at radius 3 is 3.12 bits per heavy atom. The van der Waals surface area contributed by atoms with E-state index in [2.05, 4.69) is 16.9 Å². The predicted octanol–water partition coefficient (Wildman–Crippen LogP) is 3.17. The van der Waals surface area contributed by atoms with Crippen LogP contribution in [0.25, 0.3) is 0 Å². The fourth-order valence-electron chi connectivity index (χ4n) is 2.30. The molecule has 1 aromatic heterocycles. The summed E-state index contributed by atoms with van der Waals surface area (Å²) in [5.74, 6) is 0.801. The molecule has 1 saturated heterocycles. The van der Waals surface area contributed by atoms with Crippen molar-refractivity contribution in [1.29, 1.82) is 0 Å². The van der Waals surface area contributed by atoms with Gasteiger partial charge in [0.05, 0.1) is 10.7 Å². The van der Waals surface area contributed by atoms with Gasteiger partial charge in [0.1, 0.15) is 0 Å². The van der Waals surface area contributed by atoms with Crippen LogP contribution in [0.5, 0.6) is 0 Å². The maximum atomic E-state index is 4.74. The Kier molecular flexibility index (Phi) is 2.82. The highest BCUT2D eigenvalue weighted by Gasteiger charge is 2.26. The van der Waals surface area contributed by atoms with Crippen LogP contribution in [0, 0.1) is 0 Å². The molecule has 16 heavy (non-hydrogen) atoms. The second kappa shape index (κ2) is 4.30. The van der Waals surface area contributed by atoms with Gasteiger partial charge in [0.15, 0.2) is 0 Å². The molecule has 2 heterocycles. The Morgan fingerprint density at radius 1 is 1.50 bits per heavy atom. The molecule has 3 rings (SSSR count). The van der Waals surface area contributed by atoms with Gasteiger partial charge in [-0.2, -0.15) is 0 Å². The molecule has 0 unspecified atom stereocenters. The molecule has 0 spiro atoms. The number of hydrogen-bond donors (Lipinski definition) is 0. The van der Waals surface area contributed by atoms with Crippen LogP contribution in [-0.2, 0) is 6.54 Å². The SMILES string of the molecule is C=C1CCCN(Cc2csc(C3CC3)n2)C1. The molecule has 2 aliphatic rings. The molecule has 1 aliphatic carbocycles. The lowest BCUT2D eigenvalue weighted by molar-refractivity contribution is 0.256. The Balaban J connectivity index is 1.61. The van der Waals surface area contributed by atoms with E-state index < -0.39 is 0 Å². The number of rotatable bonds is 3. The van der Waals surface area contributed by atoms with Crippen molar-refractivity contribution in [3.05, 3.63) is 28.2 Å². The number of piperidine rings is 1. The highest BCUT2D eigenvalue weighted by Crippen LogP contribution is 2.41. The summed E-state index contributed by atoms with van der Waals surface area (Å²) in [6.07, 6.45) is 5.18. The van der Waals surface area contributed by atoms with Crippen molar-refractivity contribution >= 4 is 11.3 Å². The number of likely N-dealkylation sites (tertiary alicyclic amines) is 1. The highest BCUT2D eigenvalue weighted by molar-refractivity contribution is 7.09. The molecule has 2 fully saturated rings. The number of nitrogens with zero attached hydrogens (tertiary/aromatic N) is 2. The van der Waals surface area contributed by atoms with Crippen LogP contribution in [0.3, 0.4) is 0 Å². The van der Waals surface area contributed by atoms with Crippen LogP contribution < -0.4 is 0 Å². The van der Waals surface area contributed by atoms with E-state index in [9.17, 15) is 0 Å². The lowest BCUT2D eigenvalue weighted by Gasteiger charge is -2.27. The molecular formula is C13H18N2S. The van der Waals surface area contributed by atoms with Crippen LogP contribution in [0.15, 0.2) is 17.5 Å². The molecule has 1 saturated carbocycles. The second-order valence-corrected chi connectivity index (χ2v) is 5.91. The first-order valence-corrected chi connectivity index (χ1v) is 7.02. The van der Waals surface area contributed by atoms with Gasteiger partial charge < -0.3 is 0 Å². The van der Waals surface area contributed by atoms with Crippen molar-refractivity contribution in [2.75, 3.05) is 13.1 Å². The standard InChI is InChI=1S/C13H18N2S/c1-10-3-2-6-15(7-10)8-12-9-16-13(14-12)11-4-5-11/h9,11H,1-8H2. The van der Waals surface area contributed by atoms with Gasteiger partial charge in [-0.15, -0.1) is 11.3 Å². The minimum absolute atomic E-state index is 0.801. The van der Waals surface area contributed by atoms with Crippen LogP contribution >= 0.6 is 11.3 Å². The zero-order valence-electron chi connectivity index (χ0n) is 9.61. The molecule has 0 radical (unpaired) electrons. The topological polar surface area (TPSA) is 16.1 Å². The van der Waals surface area contributed by atoms with Gasteiger partial charge in [0.2, 0.25) is 0 Å². The molecule has 2 nitrogen and oxygen atoms in total. The number of hydrogen-bond acceptors (Lipinski definition) is 3. The predicted molar refractivity (Wildman–Crippen MR) is 67.7 cm³/mol. The average Bonchev–Trinajstić information content (AvgIpc) is 3.01. The summed E-state index contributed by atoms with van der Waals surface area (Å²) in [6.45, 7) is 7.38.